The Kier molecular flexibility index (Phi) is 8.10. The van der Waals surface area contributed by atoms with Gasteiger partial charge in [0.15, 0.2) is 17.5 Å². The van der Waals surface area contributed by atoms with Gasteiger partial charge in [-0.3, -0.25) is 14.5 Å². The first-order chi connectivity index (χ1) is 28.7. The minimum absolute atomic E-state index is 0.0479. The molecule has 8 nitrogen and oxygen atoms in total. The SMILES string of the molecule is C1=CC2N=C(c3ccc(-c4nc(-c5ccc(-c6nc7ccccc7n6-c6ccccc6)cc5)nc(-c5cncc6ccccc56)n4)cc3)N(c3ccccc3)C2C=C1. The van der Waals surface area contributed by atoms with E-state index in [0.717, 1.165) is 72.7 Å². The van der Waals surface area contributed by atoms with Gasteiger partial charge in [0.25, 0.3) is 0 Å². The van der Waals surface area contributed by atoms with Crippen molar-refractivity contribution in [3.63, 3.8) is 0 Å². The number of anilines is 1. The minimum Gasteiger partial charge on any atom is -0.317 e. The number of benzene rings is 6. The van der Waals surface area contributed by atoms with E-state index in [1.54, 1.807) is 0 Å². The largest absolute Gasteiger partial charge is 0.317 e. The average Bonchev–Trinajstić information content (AvgIpc) is 3.89. The van der Waals surface area contributed by atoms with Crippen molar-refractivity contribution in [2.45, 2.75) is 12.1 Å². The second-order valence-corrected chi connectivity index (χ2v) is 14.4. The highest BCUT2D eigenvalue weighted by Gasteiger charge is 2.35. The highest BCUT2D eigenvalue weighted by molar-refractivity contribution is 6.12. The lowest BCUT2D eigenvalue weighted by Crippen LogP contribution is -2.39. The molecule has 4 heterocycles. The van der Waals surface area contributed by atoms with Gasteiger partial charge in [-0.1, -0.05) is 146 Å². The summed E-state index contributed by atoms with van der Waals surface area (Å²) in [6.07, 6.45) is 12.3. The third kappa shape index (κ3) is 5.86. The van der Waals surface area contributed by atoms with Crippen LogP contribution < -0.4 is 4.90 Å². The minimum atomic E-state index is 0.0479. The van der Waals surface area contributed by atoms with E-state index in [2.05, 4.69) is 166 Å². The highest BCUT2D eigenvalue weighted by Crippen LogP contribution is 2.34. The van der Waals surface area contributed by atoms with Crippen LogP contribution in [0.15, 0.2) is 199 Å². The molecule has 274 valence electrons. The molecule has 58 heavy (non-hydrogen) atoms. The molecular weight excluding hydrogens is 713 g/mol. The molecule has 0 N–H and O–H groups in total. The van der Waals surface area contributed by atoms with Crippen LogP contribution in [0.4, 0.5) is 5.69 Å². The second kappa shape index (κ2) is 14.0. The summed E-state index contributed by atoms with van der Waals surface area (Å²) in [5.41, 5.74) is 8.73. The summed E-state index contributed by atoms with van der Waals surface area (Å²) in [4.78, 5) is 32.5. The van der Waals surface area contributed by atoms with Gasteiger partial charge in [-0.2, -0.15) is 0 Å². The summed E-state index contributed by atoms with van der Waals surface area (Å²) in [5, 5.41) is 2.04. The molecule has 0 radical (unpaired) electrons. The molecule has 0 saturated heterocycles. The molecule has 2 atom stereocenters. The zero-order valence-electron chi connectivity index (χ0n) is 31.2. The van der Waals surface area contributed by atoms with Gasteiger partial charge >= 0.3 is 0 Å². The quantitative estimate of drug-likeness (QED) is 0.161. The van der Waals surface area contributed by atoms with Crippen molar-refractivity contribution in [3.8, 4) is 51.2 Å². The van der Waals surface area contributed by atoms with Crippen LogP contribution in [0.3, 0.4) is 0 Å². The molecule has 2 aliphatic rings. The van der Waals surface area contributed by atoms with Gasteiger partial charge in [-0.25, -0.2) is 19.9 Å². The zero-order chi connectivity index (χ0) is 38.4. The maximum absolute atomic E-state index is 5.19. The summed E-state index contributed by atoms with van der Waals surface area (Å²) in [7, 11) is 0. The lowest BCUT2D eigenvalue weighted by Gasteiger charge is -2.29. The predicted molar refractivity (Wildman–Crippen MR) is 233 cm³/mol. The Bertz CT molecular complexity index is 3050. The molecule has 2 unspecified atom stereocenters. The first kappa shape index (κ1) is 33.5. The molecule has 1 aliphatic heterocycles. The maximum Gasteiger partial charge on any atom is 0.166 e. The number of para-hydroxylation sites is 4. The van der Waals surface area contributed by atoms with Crippen molar-refractivity contribution in [1.82, 2.24) is 29.5 Å². The number of aromatic nitrogens is 6. The van der Waals surface area contributed by atoms with E-state index in [9.17, 15) is 0 Å². The van der Waals surface area contributed by atoms with E-state index >= 15 is 0 Å². The van der Waals surface area contributed by atoms with Gasteiger partial charge in [0.2, 0.25) is 0 Å². The van der Waals surface area contributed by atoms with E-state index in [0.29, 0.717) is 17.5 Å². The number of hydrogen-bond acceptors (Lipinski definition) is 7. The molecule has 1 aliphatic carbocycles. The van der Waals surface area contributed by atoms with Crippen LogP contribution in [0.1, 0.15) is 5.56 Å². The van der Waals surface area contributed by atoms with Crippen LogP contribution in [-0.4, -0.2) is 47.4 Å². The van der Waals surface area contributed by atoms with Crippen LogP contribution in [0, 0.1) is 0 Å². The van der Waals surface area contributed by atoms with Crippen molar-refractivity contribution >= 4 is 33.3 Å². The predicted octanol–water partition coefficient (Wildman–Crippen LogP) is 10.6. The number of hydrogen-bond donors (Lipinski definition) is 0. The molecule has 0 fully saturated rings. The second-order valence-electron chi connectivity index (χ2n) is 14.4. The van der Waals surface area contributed by atoms with Crippen molar-refractivity contribution in [2.75, 3.05) is 4.90 Å². The van der Waals surface area contributed by atoms with Crippen molar-refractivity contribution < 1.29 is 0 Å². The number of nitrogens with zero attached hydrogens (tertiary/aromatic N) is 8. The zero-order valence-corrected chi connectivity index (χ0v) is 31.2. The maximum atomic E-state index is 5.19. The Labute approximate surface area is 334 Å². The number of pyridine rings is 1. The summed E-state index contributed by atoms with van der Waals surface area (Å²) in [5.74, 6) is 3.49. The van der Waals surface area contributed by atoms with E-state index in [4.69, 9.17) is 24.9 Å². The Balaban J connectivity index is 1.00. The number of fused-ring (bicyclic) bond motifs is 3. The molecule has 0 spiro atoms. The van der Waals surface area contributed by atoms with Gasteiger partial charge < -0.3 is 4.90 Å². The van der Waals surface area contributed by atoms with Crippen LogP contribution in [0.25, 0.3) is 73.0 Å². The molecule has 0 bridgehead atoms. The fraction of sp³-hybridized carbons (Fsp3) is 0.0400. The Hall–Kier alpha value is -7.84. The number of imidazole rings is 1. The topological polar surface area (TPSA) is 85.0 Å². The van der Waals surface area contributed by atoms with E-state index in [-0.39, 0.29) is 12.1 Å². The molecule has 6 aromatic carbocycles. The van der Waals surface area contributed by atoms with Crippen molar-refractivity contribution in [1.29, 1.82) is 0 Å². The van der Waals surface area contributed by atoms with Crippen molar-refractivity contribution in [3.05, 3.63) is 200 Å². The molecule has 9 aromatic rings. The van der Waals surface area contributed by atoms with E-state index in [1.807, 2.05) is 42.7 Å². The third-order valence-corrected chi connectivity index (χ3v) is 10.8. The van der Waals surface area contributed by atoms with Crippen LogP contribution in [-0.2, 0) is 0 Å². The normalized spacial score (nSPS) is 15.9. The summed E-state index contributed by atoms with van der Waals surface area (Å²) >= 11 is 0. The first-order valence-electron chi connectivity index (χ1n) is 19.4. The fourth-order valence-electron chi connectivity index (χ4n) is 8.03. The lowest BCUT2D eigenvalue weighted by molar-refractivity contribution is 0.739. The average molecular weight is 747 g/mol. The molecule has 0 amide bonds. The highest BCUT2D eigenvalue weighted by atomic mass is 15.3. The third-order valence-electron chi connectivity index (χ3n) is 10.8. The van der Waals surface area contributed by atoms with Gasteiger partial charge in [-0.05, 0) is 41.8 Å². The van der Waals surface area contributed by atoms with E-state index < -0.39 is 0 Å². The summed E-state index contributed by atoms with van der Waals surface area (Å²) in [6, 6.07) is 54.1. The van der Waals surface area contributed by atoms with Crippen molar-refractivity contribution in [2.24, 2.45) is 4.99 Å². The number of amidine groups is 1. The van der Waals surface area contributed by atoms with E-state index in [1.165, 1.54) is 0 Å². The fourth-order valence-corrected chi connectivity index (χ4v) is 8.03. The van der Waals surface area contributed by atoms with Gasteiger partial charge in [-0.15, -0.1) is 0 Å². The molecule has 11 rings (SSSR count). The van der Waals surface area contributed by atoms with Crippen LogP contribution in [0.5, 0.6) is 0 Å². The standard InChI is InChI=1S/C50H34N8/c1-3-14-38(15-4-1)57-44-21-11-9-19-42(44)52-49(57)35-27-23-33(24-28-35)46-54-47(56-48(55-46)41-32-51-31-37-13-7-8-18-40(37)41)34-25-29-36(30-26-34)50-53-43-20-10-12-22-45(43)58(50)39-16-5-2-6-17-39/h1-32,42,44H. The smallest absolute Gasteiger partial charge is 0.166 e. The first-order valence-corrected chi connectivity index (χ1v) is 19.4. The molecule has 0 saturated carbocycles. The lowest BCUT2D eigenvalue weighted by atomic mass is 10.0. The van der Waals surface area contributed by atoms with Gasteiger partial charge in [0.1, 0.15) is 11.7 Å². The Morgan fingerprint density at radius 2 is 1.07 bits per heavy atom. The molecule has 8 heteroatoms. The molecule has 3 aromatic heterocycles. The van der Waals surface area contributed by atoms with Gasteiger partial charge in [0.05, 0.1) is 23.1 Å². The van der Waals surface area contributed by atoms with Gasteiger partial charge in [0, 0.05) is 57.0 Å². The van der Waals surface area contributed by atoms with Crippen LogP contribution >= 0.6 is 0 Å². The summed E-state index contributed by atoms with van der Waals surface area (Å²) < 4.78 is 2.21. The number of allylic oxidation sites excluding steroid dienone is 2. The number of rotatable bonds is 7. The number of aliphatic imine (C=N–C) groups is 1. The molecular formula is C50H34N8. The monoisotopic (exact) mass is 746 g/mol. The Morgan fingerprint density at radius 1 is 0.466 bits per heavy atom. The summed E-state index contributed by atoms with van der Waals surface area (Å²) in [6.45, 7) is 0. The Morgan fingerprint density at radius 3 is 1.83 bits per heavy atom. The van der Waals surface area contributed by atoms with Crippen LogP contribution in [0.2, 0.25) is 0 Å².